The van der Waals surface area contributed by atoms with Crippen LogP contribution >= 0.6 is 0 Å². The van der Waals surface area contributed by atoms with E-state index in [-0.39, 0.29) is 5.82 Å². The van der Waals surface area contributed by atoms with Crippen LogP contribution in [0, 0.1) is 5.82 Å². The molecule has 2 fully saturated rings. The van der Waals surface area contributed by atoms with Gasteiger partial charge in [-0.15, -0.1) is 0 Å². The Bertz CT molecular complexity index is 404. The van der Waals surface area contributed by atoms with E-state index < -0.39 is 0 Å². The smallest absolute Gasteiger partial charge is 0.123 e. The van der Waals surface area contributed by atoms with Crippen LogP contribution < -0.4 is 0 Å². The van der Waals surface area contributed by atoms with Crippen molar-refractivity contribution in [3.8, 4) is 0 Å². The Labute approximate surface area is 121 Å². The van der Waals surface area contributed by atoms with Crippen LogP contribution in [0.2, 0.25) is 0 Å². The SMILES string of the molecule is Fc1ccc(CN2CCN(C3CCCCC3)CC2)cc1. The maximum absolute atomic E-state index is 12.9. The van der Waals surface area contributed by atoms with E-state index in [1.54, 1.807) is 12.1 Å². The summed E-state index contributed by atoms with van der Waals surface area (Å²) in [7, 11) is 0. The van der Waals surface area contributed by atoms with Crippen molar-refractivity contribution in [1.29, 1.82) is 0 Å². The van der Waals surface area contributed by atoms with E-state index in [2.05, 4.69) is 9.80 Å². The van der Waals surface area contributed by atoms with Gasteiger partial charge >= 0.3 is 0 Å². The van der Waals surface area contributed by atoms with Crippen LogP contribution in [0.25, 0.3) is 0 Å². The lowest BCUT2D eigenvalue weighted by Crippen LogP contribution is -2.50. The van der Waals surface area contributed by atoms with E-state index in [9.17, 15) is 4.39 Å². The van der Waals surface area contributed by atoms with Crippen molar-refractivity contribution in [2.24, 2.45) is 0 Å². The Morgan fingerprint density at radius 3 is 2.20 bits per heavy atom. The molecule has 0 N–H and O–H groups in total. The molecule has 1 aromatic rings. The van der Waals surface area contributed by atoms with Gasteiger partial charge in [0.25, 0.3) is 0 Å². The molecule has 1 aliphatic carbocycles. The lowest BCUT2D eigenvalue weighted by molar-refractivity contribution is 0.0755. The second-order valence-electron chi connectivity index (χ2n) is 6.23. The number of halogens is 1. The topological polar surface area (TPSA) is 6.48 Å². The summed E-state index contributed by atoms with van der Waals surface area (Å²) in [6.45, 7) is 5.65. The van der Waals surface area contributed by atoms with Crippen molar-refractivity contribution in [2.75, 3.05) is 26.2 Å². The summed E-state index contributed by atoms with van der Waals surface area (Å²) in [6.07, 6.45) is 7.07. The van der Waals surface area contributed by atoms with Gasteiger partial charge in [-0.05, 0) is 30.5 Å². The van der Waals surface area contributed by atoms with Crippen LogP contribution in [0.1, 0.15) is 37.7 Å². The first-order valence-corrected chi connectivity index (χ1v) is 8.02. The molecule has 0 amide bonds. The molecular formula is C17H25FN2. The van der Waals surface area contributed by atoms with Gasteiger partial charge in [0.15, 0.2) is 0 Å². The molecular weight excluding hydrogens is 251 g/mol. The highest BCUT2D eigenvalue weighted by Crippen LogP contribution is 2.23. The van der Waals surface area contributed by atoms with E-state index in [1.807, 2.05) is 12.1 Å². The lowest BCUT2D eigenvalue weighted by atomic mass is 9.94. The number of hydrogen-bond donors (Lipinski definition) is 0. The van der Waals surface area contributed by atoms with Gasteiger partial charge in [0.2, 0.25) is 0 Å². The average molecular weight is 276 g/mol. The summed E-state index contributed by atoms with van der Waals surface area (Å²) in [5.74, 6) is -0.143. The van der Waals surface area contributed by atoms with Crippen molar-refractivity contribution in [3.63, 3.8) is 0 Å². The van der Waals surface area contributed by atoms with Gasteiger partial charge in [0, 0.05) is 38.8 Å². The molecule has 20 heavy (non-hydrogen) atoms. The van der Waals surface area contributed by atoms with E-state index in [1.165, 1.54) is 50.8 Å². The molecule has 3 rings (SSSR count). The third kappa shape index (κ3) is 3.58. The maximum atomic E-state index is 12.9. The maximum Gasteiger partial charge on any atom is 0.123 e. The van der Waals surface area contributed by atoms with Crippen LogP contribution in [-0.2, 0) is 6.54 Å². The number of nitrogens with zero attached hydrogens (tertiary/aromatic N) is 2. The van der Waals surface area contributed by atoms with Crippen molar-refractivity contribution >= 4 is 0 Å². The minimum atomic E-state index is -0.143. The third-order valence-electron chi connectivity index (χ3n) is 4.82. The van der Waals surface area contributed by atoms with Crippen LogP contribution in [-0.4, -0.2) is 42.0 Å². The Kier molecular flexibility index (Phi) is 4.69. The summed E-state index contributed by atoms with van der Waals surface area (Å²) in [5.41, 5.74) is 1.22. The van der Waals surface area contributed by atoms with Crippen LogP contribution in [0.15, 0.2) is 24.3 Å². The van der Waals surface area contributed by atoms with Crippen molar-refractivity contribution in [2.45, 2.75) is 44.7 Å². The summed E-state index contributed by atoms with van der Waals surface area (Å²) in [5, 5.41) is 0. The molecule has 1 saturated carbocycles. The normalized spacial score (nSPS) is 23.1. The lowest BCUT2D eigenvalue weighted by Gasteiger charge is -2.40. The molecule has 0 bridgehead atoms. The Hall–Kier alpha value is -0.930. The summed E-state index contributed by atoms with van der Waals surface area (Å²) in [4.78, 5) is 5.19. The van der Waals surface area contributed by atoms with E-state index in [0.29, 0.717) is 0 Å². The Morgan fingerprint density at radius 1 is 0.900 bits per heavy atom. The summed E-state index contributed by atoms with van der Waals surface area (Å²) >= 11 is 0. The zero-order valence-corrected chi connectivity index (χ0v) is 12.2. The van der Waals surface area contributed by atoms with Gasteiger partial charge in [-0.1, -0.05) is 31.4 Å². The number of benzene rings is 1. The highest BCUT2D eigenvalue weighted by Gasteiger charge is 2.24. The quantitative estimate of drug-likeness (QED) is 0.836. The molecule has 1 aliphatic heterocycles. The van der Waals surface area contributed by atoms with Crippen molar-refractivity contribution < 1.29 is 4.39 Å². The molecule has 0 aromatic heterocycles. The molecule has 0 unspecified atom stereocenters. The second-order valence-corrected chi connectivity index (χ2v) is 6.23. The highest BCUT2D eigenvalue weighted by atomic mass is 19.1. The molecule has 0 atom stereocenters. The predicted octanol–water partition coefficient (Wildman–Crippen LogP) is 3.28. The first-order valence-electron chi connectivity index (χ1n) is 8.02. The van der Waals surface area contributed by atoms with Crippen LogP contribution in [0.5, 0.6) is 0 Å². The molecule has 1 saturated heterocycles. The van der Waals surface area contributed by atoms with E-state index >= 15 is 0 Å². The third-order valence-corrected chi connectivity index (χ3v) is 4.82. The number of piperazine rings is 1. The summed E-state index contributed by atoms with van der Waals surface area (Å²) < 4.78 is 12.9. The molecule has 1 aromatic carbocycles. The predicted molar refractivity (Wildman–Crippen MR) is 80.1 cm³/mol. The molecule has 2 nitrogen and oxygen atoms in total. The summed E-state index contributed by atoms with van der Waals surface area (Å²) in [6, 6.07) is 7.78. The van der Waals surface area contributed by atoms with Gasteiger partial charge in [0.1, 0.15) is 5.82 Å². The molecule has 1 heterocycles. The fourth-order valence-corrected chi connectivity index (χ4v) is 3.58. The van der Waals surface area contributed by atoms with Gasteiger partial charge in [-0.2, -0.15) is 0 Å². The van der Waals surface area contributed by atoms with Crippen molar-refractivity contribution in [1.82, 2.24) is 9.80 Å². The molecule has 3 heteroatoms. The van der Waals surface area contributed by atoms with Crippen molar-refractivity contribution in [3.05, 3.63) is 35.6 Å². The van der Waals surface area contributed by atoms with Gasteiger partial charge in [-0.25, -0.2) is 4.39 Å². The fourth-order valence-electron chi connectivity index (χ4n) is 3.58. The molecule has 2 aliphatic rings. The van der Waals surface area contributed by atoms with Crippen LogP contribution in [0.3, 0.4) is 0 Å². The molecule has 110 valence electrons. The highest BCUT2D eigenvalue weighted by molar-refractivity contribution is 5.15. The van der Waals surface area contributed by atoms with E-state index in [4.69, 9.17) is 0 Å². The second kappa shape index (κ2) is 6.68. The molecule has 0 spiro atoms. The largest absolute Gasteiger partial charge is 0.298 e. The average Bonchev–Trinajstić information content (AvgIpc) is 2.51. The van der Waals surface area contributed by atoms with Crippen LogP contribution in [0.4, 0.5) is 4.39 Å². The van der Waals surface area contributed by atoms with E-state index in [0.717, 1.165) is 25.7 Å². The van der Waals surface area contributed by atoms with Gasteiger partial charge in [0.05, 0.1) is 0 Å². The minimum Gasteiger partial charge on any atom is -0.298 e. The first-order chi connectivity index (χ1) is 9.81. The Balaban J connectivity index is 1.47. The standard InChI is InChI=1S/C17H25FN2/c18-16-8-6-15(7-9-16)14-19-10-12-20(13-11-19)17-4-2-1-3-5-17/h6-9,17H,1-5,10-14H2. The zero-order valence-electron chi connectivity index (χ0n) is 12.2. The molecule has 0 radical (unpaired) electrons. The minimum absolute atomic E-state index is 0.143. The fraction of sp³-hybridized carbons (Fsp3) is 0.647. The zero-order chi connectivity index (χ0) is 13.8. The van der Waals surface area contributed by atoms with Gasteiger partial charge in [-0.3, -0.25) is 9.80 Å². The monoisotopic (exact) mass is 276 g/mol. The number of rotatable bonds is 3. The first kappa shape index (κ1) is 14.0. The Morgan fingerprint density at radius 2 is 1.55 bits per heavy atom. The number of hydrogen-bond acceptors (Lipinski definition) is 2. The van der Waals surface area contributed by atoms with Gasteiger partial charge < -0.3 is 0 Å².